The van der Waals surface area contributed by atoms with Crippen molar-refractivity contribution < 1.29 is 28.2 Å². The summed E-state index contributed by atoms with van der Waals surface area (Å²) in [7, 11) is 1.42. The van der Waals surface area contributed by atoms with E-state index in [-0.39, 0.29) is 22.8 Å². The van der Waals surface area contributed by atoms with E-state index >= 15 is 0 Å². The molecule has 178 valence electrons. The number of nitrogens with zero attached hydrogens (tertiary/aromatic N) is 1. The standard InChI is InChI=1S/C25H19BrFN3O5/c1-34-21-12-16(26)10-15(23(21)35-14-22(31)28-18-7-5-6-17(27)13-18)11-20-24(32)29-30(25(20)33)19-8-3-2-4-9-19/h2-13H,14H2,1H3,(H,28,31)(H,29,32)/b20-11-. The quantitative estimate of drug-likeness (QED) is 0.348. The molecule has 0 aliphatic carbocycles. The average molecular weight is 540 g/mol. The first-order valence-corrected chi connectivity index (χ1v) is 11.1. The number of carbonyl (C=O) groups excluding carboxylic acids is 3. The molecule has 0 bridgehead atoms. The van der Waals surface area contributed by atoms with Crippen molar-refractivity contribution in [2.24, 2.45) is 0 Å². The summed E-state index contributed by atoms with van der Waals surface area (Å²) in [6.45, 7) is -0.430. The molecule has 4 rings (SSSR count). The number of amides is 3. The van der Waals surface area contributed by atoms with Gasteiger partial charge in [0.25, 0.3) is 17.7 Å². The molecule has 1 fully saturated rings. The van der Waals surface area contributed by atoms with Gasteiger partial charge in [-0.2, -0.15) is 0 Å². The number of carbonyl (C=O) groups is 3. The zero-order valence-corrected chi connectivity index (χ0v) is 20.0. The molecule has 8 nitrogen and oxygen atoms in total. The summed E-state index contributed by atoms with van der Waals surface area (Å²) >= 11 is 3.37. The van der Waals surface area contributed by atoms with Gasteiger partial charge in [-0.05, 0) is 48.5 Å². The highest BCUT2D eigenvalue weighted by Crippen LogP contribution is 2.37. The van der Waals surface area contributed by atoms with Gasteiger partial charge >= 0.3 is 0 Å². The maximum Gasteiger partial charge on any atom is 0.282 e. The molecule has 0 spiro atoms. The van der Waals surface area contributed by atoms with Gasteiger partial charge in [0.15, 0.2) is 18.1 Å². The van der Waals surface area contributed by atoms with Crippen LogP contribution in [0.25, 0.3) is 6.08 Å². The van der Waals surface area contributed by atoms with Gasteiger partial charge < -0.3 is 14.8 Å². The van der Waals surface area contributed by atoms with Gasteiger partial charge in [-0.3, -0.25) is 19.8 Å². The molecule has 0 aromatic heterocycles. The van der Waals surface area contributed by atoms with Gasteiger partial charge in [-0.1, -0.05) is 40.2 Å². The summed E-state index contributed by atoms with van der Waals surface area (Å²) in [5.41, 5.74) is 3.53. The van der Waals surface area contributed by atoms with E-state index in [1.165, 1.54) is 31.4 Å². The lowest BCUT2D eigenvalue weighted by Crippen LogP contribution is -2.35. The monoisotopic (exact) mass is 539 g/mol. The Morgan fingerprint density at radius 1 is 1.11 bits per heavy atom. The number of anilines is 2. The number of hydrazine groups is 1. The molecular weight excluding hydrogens is 521 g/mol. The fraction of sp³-hybridized carbons (Fsp3) is 0.0800. The normalized spacial score (nSPS) is 14.1. The second-order valence-electron chi connectivity index (χ2n) is 7.35. The van der Waals surface area contributed by atoms with Crippen molar-refractivity contribution in [1.29, 1.82) is 0 Å². The highest BCUT2D eigenvalue weighted by atomic mass is 79.9. The number of methoxy groups -OCH3 is 1. The number of rotatable bonds is 7. The summed E-state index contributed by atoms with van der Waals surface area (Å²) in [6, 6.07) is 17.4. The van der Waals surface area contributed by atoms with Gasteiger partial charge in [-0.25, -0.2) is 9.40 Å². The molecule has 3 aromatic carbocycles. The first kappa shape index (κ1) is 24.0. The van der Waals surface area contributed by atoms with Crippen LogP contribution in [0.15, 0.2) is 76.8 Å². The van der Waals surface area contributed by atoms with E-state index < -0.39 is 30.1 Å². The number of benzene rings is 3. The number of ether oxygens (including phenoxy) is 2. The Balaban J connectivity index is 1.60. The largest absolute Gasteiger partial charge is 0.493 e. The summed E-state index contributed by atoms with van der Waals surface area (Å²) in [6.07, 6.45) is 1.37. The van der Waals surface area contributed by atoms with Crippen molar-refractivity contribution in [2.45, 2.75) is 0 Å². The van der Waals surface area contributed by atoms with E-state index in [1.807, 2.05) is 0 Å². The van der Waals surface area contributed by atoms with E-state index in [1.54, 1.807) is 48.5 Å². The van der Waals surface area contributed by atoms with Crippen molar-refractivity contribution in [3.8, 4) is 11.5 Å². The second kappa shape index (κ2) is 10.4. The van der Waals surface area contributed by atoms with Gasteiger partial charge in [0, 0.05) is 15.7 Å². The zero-order chi connectivity index (χ0) is 24.9. The van der Waals surface area contributed by atoms with Crippen LogP contribution in [0, 0.1) is 5.82 Å². The van der Waals surface area contributed by atoms with Crippen LogP contribution in [0.5, 0.6) is 11.5 Å². The summed E-state index contributed by atoms with van der Waals surface area (Å²) in [5.74, 6) is -1.74. The van der Waals surface area contributed by atoms with Crippen LogP contribution in [0.4, 0.5) is 15.8 Å². The molecule has 1 aliphatic rings. The lowest BCUT2D eigenvalue weighted by atomic mass is 10.1. The number of hydrogen-bond acceptors (Lipinski definition) is 5. The van der Waals surface area contributed by atoms with Crippen LogP contribution in [0.3, 0.4) is 0 Å². The van der Waals surface area contributed by atoms with Crippen LogP contribution < -0.4 is 25.2 Å². The molecule has 1 saturated heterocycles. The molecular formula is C25H19BrFN3O5. The third-order valence-electron chi connectivity index (χ3n) is 4.93. The highest BCUT2D eigenvalue weighted by Gasteiger charge is 2.34. The minimum atomic E-state index is -0.590. The van der Waals surface area contributed by atoms with Crippen molar-refractivity contribution in [1.82, 2.24) is 5.43 Å². The lowest BCUT2D eigenvalue weighted by Gasteiger charge is -2.15. The maximum absolute atomic E-state index is 13.4. The Kier molecular flexibility index (Phi) is 7.11. The first-order valence-electron chi connectivity index (χ1n) is 10.3. The van der Waals surface area contributed by atoms with Crippen LogP contribution in [-0.2, 0) is 14.4 Å². The van der Waals surface area contributed by atoms with Crippen LogP contribution in [0.2, 0.25) is 0 Å². The predicted molar refractivity (Wildman–Crippen MR) is 131 cm³/mol. The molecule has 0 radical (unpaired) electrons. The first-order chi connectivity index (χ1) is 16.9. The van der Waals surface area contributed by atoms with Crippen molar-refractivity contribution in [3.05, 3.63) is 88.2 Å². The minimum absolute atomic E-state index is 0.122. The van der Waals surface area contributed by atoms with Crippen molar-refractivity contribution in [3.63, 3.8) is 0 Å². The SMILES string of the molecule is COc1cc(Br)cc(/C=C2/C(=O)NN(c3ccccc3)C2=O)c1OCC(=O)Nc1cccc(F)c1. The topological polar surface area (TPSA) is 97.0 Å². The Labute approximate surface area is 208 Å². The summed E-state index contributed by atoms with van der Waals surface area (Å²) in [4.78, 5) is 37.9. The molecule has 0 saturated carbocycles. The summed E-state index contributed by atoms with van der Waals surface area (Å²) in [5, 5.41) is 3.69. The minimum Gasteiger partial charge on any atom is -0.493 e. The van der Waals surface area contributed by atoms with E-state index in [0.29, 0.717) is 15.7 Å². The molecule has 10 heteroatoms. The highest BCUT2D eigenvalue weighted by molar-refractivity contribution is 9.10. The van der Waals surface area contributed by atoms with Gasteiger partial charge in [0.05, 0.1) is 12.8 Å². The molecule has 35 heavy (non-hydrogen) atoms. The van der Waals surface area contributed by atoms with Gasteiger partial charge in [0.2, 0.25) is 0 Å². The second-order valence-corrected chi connectivity index (χ2v) is 8.26. The van der Waals surface area contributed by atoms with Crippen molar-refractivity contribution >= 4 is 51.1 Å². The van der Waals surface area contributed by atoms with E-state index in [2.05, 4.69) is 26.7 Å². The van der Waals surface area contributed by atoms with E-state index in [4.69, 9.17) is 9.47 Å². The Bertz CT molecular complexity index is 1330. The van der Waals surface area contributed by atoms with Crippen LogP contribution in [-0.4, -0.2) is 31.4 Å². The number of hydrogen-bond donors (Lipinski definition) is 2. The Morgan fingerprint density at radius 2 is 1.89 bits per heavy atom. The lowest BCUT2D eigenvalue weighted by molar-refractivity contribution is -0.118. The van der Waals surface area contributed by atoms with Crippen LogP contribution in [0.1, 0.15) is 5.56 Å². The van der Waals surface area contributed by atoms with Gasteiger partial charge in [0.1, 0.15) is 11.4 Å². The number of para-hydroxylation sites is 1. The molecule has 3 amide bonds. The third kappa shape index (κ3) is 5.49. The third-order valence-corrected chi connectivity index (χ3v) is 5.39. The fourth-order valence-electron chi connectivity index (χ4n) is 3.37. The number of halogens is 2. The maximum atomic E-state index is 13.4. The molecule has 1 heterocycles. The van der Waals surface area contributed by atoms with E-state index in [9.17, 15) is 18.8 Å². The molecule has 1 aliphatic heterocycles. The summed E-state index contributed by atoms with van der Waals surface area (Å²) < 4.78 is 25.1. The fourth-order valence-corrected chi connectivity index (χ4v) is 3.83. The van der Waals surface area contributed by atoms with E-state index in [0.717, 1.165) is 5.01 Å². The van der Waals surface area contributed by atoms with Gasteiger partial charge in [-0.15, -0.1) is 0 Å². The Morgan fingerprint density at radius 3 is 2.60 bits per heavy atom. The molecule has 3 aromatic rings. The smallest absolute Gasteiger partial charge is 0.282 e. The predicted octanol–water partition coefficient (Wildman–Crippen LogP) is 4.08. The van der Waals surface area contributed by atoms with Crippen LogP contribution >= 0.6 is 15.9 Å². The molecule has 2 N–H and O–H groups in total. The van der Waals surface area contributed by atoms with Crippen molar-refractivity contribution in [2.75, 3.05) is 24.0 Å². The molecule has 0 unspecified atom stereocenters. The zero-order valence-electron chi connectivity index (χ0n) is 18.4. The number of nitrogens with one attached hydrogen (secondary N) is 2. The Hall–Kier alpha value is -4.18. The molecule has 0 atom stereocenters. The average Bonchev–Trinajstić information content (AvgIpc) is 3.12.